The maximum Gasteiger partial charge on any atom is 0.314 e. The zero-order valence-electron chi connectivity index (χ0n) is 12.2. The van der Waals surface area contributed by atoms with E-state index in [2.05, 4.69) is 17.1 Å². The standard InChI is InChI=1S/C15H24N2O2/c1-12(17(2)3)10-16-11-14(15(18)19-4)13-8-6-5-7-9-13/h5-9,12,14,16H,10-11H2,1-4H3. The molecule has 0 heterocycles. The van der Waals surface area contributed by atoms with Gasteiger partial charge in [-0.3, -0.25) is 4.79 Å². The van der Waals surface area contributed by atoms with Gasteiger partial charge in [-0.1, -0.05) is 30.3 Å². The second-order valence-corrected chi connectivity index (χ2v) is 4.96. The molecule has 0 saturated heterocycles. The SMILES string of the molecule is COC(=O)C(CNCC(C)N(C)C)c1ccccc1. The number of methoxy groups -OCH3 is 1. The first-order chi connectivity index (χ1) is 9.06. The quantitative estimate of drug-likeness (QED) is 0.758. The number of nitrogens with zero attached hydrogens (tertiary/aromatic N) is 1. The van der Waals surface area contributed by atoms with E-state index in [0.717, 1.165) is 12.1 Å². The highest BCUT2D eigenvalue weighted by molar-refractivity contribution is 5.78. The first-order valence-corrected chi connectivity index (χ1v) is 6.56. The molecule has 19 heavy (non-hydrogen) atoms. The number of rotatable bonds is 7. The Balaban J connectivity index is 2.60. The van der Waals surface area contributed by atoms with Gasteiger partial charge in [0.05, 0.1) is 13.0 Å². The number of likely N-dealkylation sites (N-methyl/N-ethyl adjacent to an activating group) is 1. The summed E-state index contributed by atoms with van der Waals surface area (Å²) in [5, 5.41) is 3.34. The van der Waals surface area contributed by atoms with Crippen LogP contribution in [-0.2, 0) is 9.53 Å². The molecule has 0 spiro atoms. The molecule has 2 unspecified atom stereocenters. The second kappa shape index (κ2) is 7.92. The zero-order chi connectivity index (χ0) is 14.3. The Morgan fingerprint density at radius 1 is 1.26 bits per heavy atom. The van der Waals surface area contributed by atoms with Gasteiger partial charge in [0.25, 0.3) is 0 Å². The molecule has 106 valence electrons. The molecule has 0 aliphatic rings. The van der Waals surface area contributed by atoms with Gasteiger partial charge < -0.3 is 15.0 Å². The molecular formula is C15H24N2O2. The van der Waals surface area contributed by atoms with Crippen LogP contribution in [0.4, 0.5) is 0 Å². The van der Waals surface area contributed by atoms with Crippen molar-refractivity contribution in [1.82, 2.24) is 10.2 Å². The fourth-order valence-electron chi connectivity index (χ4n) is 1.78. The number of esters is 1. The van der Waals surface area contributed by atoms with Gasteiger partial charge in [-0.25, -0.2) is 0 Å². The van der Waals surface area contributed by atoms with E-state index in [9.17, 15) is 4.79 Å². The molecule has 0 amide bonds. The summed E-state index contributed by atoms with van der Waals surface area (Å²) in [6, 6.07) is 10.2. The number of benzene rings is 1. The molecule has 0 aromatic heterocycles. The maximum absolute atomic E-state index is 11.8. The van der Waals surface area contributed by atoms with Crippen molar-refractivity contribution in [3.63, 3.8) is 0 Å². The number of hydrogen-bond acceptors (Lipinski definition) is 4. The predicted molar refractivity (Wildman–Crippen MR) is 77.2 cm³/mol. The highest BCUT2D eigenvalue weighted by atomic mass is 16.5. The summed E-state index contributed by atoms with van der Waals surface area (Å²) in [6.07, 6.45) is 0. The second-order valence-electron chi connectivity index (χ2n) is 4.96. The Morgan fingerprint density at radius 3 is 2.42 bits per heavy atom. The number of hydrogen-bond donors (Lipinski definition) is 1. The summed E-state index contributed by atoms with van der Waals surface area (Å²) in [5.41, 5.74) is 0.986. The number of carbonyl (C=O) groups is 1. The lowest BCUT2D eigenvalue weighted by molar-refractivity contribution is -0.142. The Kier molecular flexibility index (Phi) is 6.53. The van der Waals surface area contributed by atoms with Gasteiger partial charge in [0.2, 0.25) is 0 Å². The fraction of sp³-hybridized carbons (Fsp3) is 0.533. The largest absolute Gasteiger partial charge is 0.469 e. The van der Waals surface area contributed by atoms with Crippen molar-refractivity contribution in [3.8, 4) is 0 Å². The summed E-state index contributed by atoms with van der Waals surface area (Å²) >= 11 is 0. The topological polar surface area (TPSA) is 41.6 Å². The van der Waals surface area contributed by atoms with Crippen LogP contribution in [0.3, 0.4) is 0 Å². The fourth-order valence-corrected chi connectivity index (χ4v) is 1.78. The molecule has 0 fully saturated rings. The highest BCUT2D eigenvalue weighted by Crippen LogP contribution is 2.16. The lowest BCUT2D eigenvalue weighted by Gasteiger charge is -2.22. The number of carbonyl (C=O) groups excluding carboxylic acids is 1. The molecular weight excluding hydrogens is 240 g/mol. The summed E-state index contributed by atoms with van der Waals surface area (Å²) in [7, 11) is 5.52. The van der Waals surface area contributed by atoms with Crippen molar-refractivity contribution in [2.75, 3.05) is 34.3 Å². The third kappa shape index (κ3) is 5.01. The van der Waals surface area contributed by atoms with Crippen molar-refractivity contribution < 1.29 is 9.53 Å². The Labute approximate surface area is 115 Å². The highest BCUT2D eigenvalue weighted by Gasteiger charge is 2.21. The van der Waals surface area contributed by atoms with Crippen LogP contribution >= 0.6 is 0 Å². The van der Waals surface area contributed by atoms with E-state index < -0.39 is 0 Å². The molecule has 0 saturated carbocycles. The van der Waals surface area contributed by atoms with E-state index in [-0.39, 0.29) is 11.9 Å². The van der Waals surface area contributed by atoms with Crippen LogP contribution in [0.5, 0.6) is 0 Å². The van der Waals surface area contributed by atoms with Gasteiger partial charge in [-0.05, 0) is 26.6 Å². The van der Waals surface area contributed by atoms with Crippen molar-refractivity contribution in [2.24, 2.45) is 0 Å². The third-order valence-electron chi connectivity index (χ3n) is 3.36. The molecule has 1 aromatic carbocycles. The minimum Gasteiger partial charge on any atom is -0.469 e. The smallest absolute Gasteiger partial charge is 0.314 e. The van der Waals surface area contributed by atoms with E-state index in [4.69, 9.17) is 4.74 Å². The maximum atomic E-state index is 11.8. The van der Waals surface area contributed by atoms with E-state index >= 15 is 0 Å². The number of ether oxygens (including phenoxy) is 1. The van der Waals surface area contributed by atoms with Gasteiger partial charge in [-0.15, -0.1) is 0 Å². The van der Waals surface area contributed by atoms with Crippen molar-refractivity contribution in [1.29, 1.82) is 0 Å². The van der Waals surface area contributed by atoms with Crippen LogP contribution in [-0.4, -0.2) is 51.2 Å². The third-order valence-corrected chi connectivity index (χ3v) is 3.36. The van der Waals surface area contributed by atoms with Crippen LogP contribution in [0.1, 0.15) is 18.4 Å². The molecule has 4 nitrogen and oxygen atoms in total. The minimum atomic E-state index is -0.249. The lowest BCUT2D eigenvalue weighted by Crippen LogP contribution is -2.38. The molecule has 2 atom stereocenters. The molecule has 4 heteroatoms. The van der Waals surface area contributed by atoms with Gasteiger partial charge in [0.1, 0.15) is 0 Å². The first-order valence-electron chi connectivity index (χ1n) is 6.56. The van der Waals surface area contributed by atoms with Crippen molar-refractivity contribution in [3.05, 3.63) is 35.9 Å². The van der Waals surface area contributed by atoms with E-state index in [1.807, 2.05) is 44.4 Å². The van der Waals surface area contributed by atoms with Crippen LogP contribution in [0.2, 0.25) is 0 Å². The molecule has 1 N–H and O–H groups in total. The van der Waals surface area contributed by atoms with E-state index in [0.29, 0.717) is 12.6 Å². The molecule has 1 rings (SSSR count). The van der Waals surface area contributed by atoms with E-state index in [1.165, 1.54) is 7.11 Å². The normalized spacial score (nSPS) is 14.2. The zero-order valence-corrected chi connectivity index (χ0v) is 12.2. The summed E-state index contributed by atoms with van der Waals surface area (Å²) in [5.74, 6) is -0.447. The monoisotopic (exact) mass is 264 g/mol. The summed E-state index contributed by atoms with van der Waals surface area (Å²) in [4.78, 5) is 14.0. The van der Waals surface area contributed by atoms with Crippen LogP contribution in [0, 0.1) is 0 Å². The predicted octanol–water partition coefficient (Wildman–Crippen LogP) is 1.48. The van der Waals surface area contributed by atoms with Crippen molar-refractivity contribution in [2.45, 2.75) is 18.9 Å². The number of nitrogens with one attached hydrogen (secondary N) is 1. The van der Waals surface area contributed by atoms with Gasteiger partial charge in [-0.2, -0.15) is 0 Å². The average Bonchev–Trinajstić information content (AvgIpc) is 2.43. The van der Waals surface area contributed by atoms with Crippen LogP contribution in [0.15, 0.2) is 30.3 Å². The van der Waals surface area contributed by atoms with Crippen LogP contribution < -0.4 is 5.32 Å². The molecule has 0 aliphatic heterocycles. The molecule has 0 aliphatic carbocycles. The first kappa shape index (κ1) is 15.7. The molecule has 0 radical (unpaired) electrons. The molecule has 0 bridgehead atoms. The van der Waals surface area contributed by atoms with Crippen LogP contribution in [0.25, 0.3) is 0 Å². The summed E-state index contributed by atoms with van der Waals surface area (Å²) in [6.45, 7) is 3.57. The Morgan fingerprint density at radius 2 is 1.89 bits per heavy atom. The van der Waals surface area contributed by atoms with Gasteiger partial charge in [0.15, 0.2) is 0 Å². The minimum absolute atomic E-state index is 0.198. The van der Waals surface area contributed by atoms with Gasteiger partial charge in [0, 0.05) is 19.1 Å². The van der Waals surface area contributed by atoms with Crippen molar-refractivity contribution >= 4 is 5.97 Å². The lowest BCUT2D eigenvalue weighted by atomic mass is 9.99. The Bertz CT molecular complexity index is 379. The van der Waals surface area contributed by atoms with E-state index in [1.54, 1.807) is 0 Å². The Hall–Kier alpha value is -1.39. The summed E-state index contributed by atoms with van der Waals surface area (Å²) < 4.78 is 4.88. The van der Waals surface area contributed by atoms with Gasteiger partial charge >= 0.3 is 5.97 Å². The molecule has 1 aromatic rings. The average molecular weight is 264 g/mol.